The standard InChI is InChI=1S/C41H37ClF7N7O5S2/c1-5-62(58,59)54-38-33-29(42)11-10-26(35(33)55(4)53-38)25-9-6-23(12-13-39(2,3)63(60,61)24-7-8-24)50-34(25)30(16-20-14-21(43)17-22(44)15-20)51-31(57)19-56-37-32(36(52-56)41(47,48)49)27-18-28(27)40(37,45)46/h6,9-11,14-15,17,24,27-28,30H,5,7-8,16,18-19H2,1-4H3,(H,51,57)(H,53,54)/t27-,28?,30-/m0/s1. The molecular formula is C41H37ClF7N7O5S2. The molecule has 1 unspecified atom stereocenters. The number of anilines is 1. The van der Waals surface area contributed by atoms with Crippen LogP contribution in [0.2, 0.25) is 5.02 Å². The predicted molar refractivity (Wildman–Crippen MR) is 218 cm³/mol. The van der Waals surface area contributed by atoms with Gasteiger partial charge in [0.25, 0.3) is 5.92 Å². The first-order chi connectivity index (χ1) is 29.3. The van der Waals surface area contributed by atoms with Gasteiger partial charge in [0.2, 0.25) is 15.9 Å². The minimum Gasteiger partial charge on any atom is -0.346 e. The third-order valence-corrected chi connectivity index (χ3v) is 15.9. The summed E-state index contributed by atoms with van der Waals surface area (Å²) in [5, 5.41) is 10.1. The number of amides is 1. The fourth-order valence-corrected chi connectivity index (χ4v) is 10.8. The highest BCUT2D eigenvalue weighted by atomic mass is 35.5. The Morgan fingerprint density at radius 1 is 1.02 bits per heavy atom. The predicted octanol–water partition coefficient (Wildman–Crippen LogP) is 7.56. The Balaban J connectivity index is 1.29. The molecule has 0 aliphatic heterocycles. The first-order valence-corrected chi connectivity index (χ1v) is 23.1. The maximum Gasteiger partial charge on any atom is 0.435 e. The van der Waals surface area contributed by atoms with E-state index in [0.29, 0.717) is 23.6 Å². The van der Waals surface area contributed by atoms with Crippen molar-refractivity contribution < 1.29 is 52.4 Å². The highest BCUT2D eigenvalue weighted by Gasteiger charge is 2.68. The molecule has 5 aromatic rings. The fourth-order valence-electron chi connectivity index (χ4n) is 8.15. The number of hydrogen-bond acceptors (Lipinski definition) is 8. The van der Waals surface area contributed by atoms with Gasteiger partial charge >= 0.3 is 6.18 Å². The van der Waals surface area contributed by atoms with E-state index >= 15 is 8.78 Å². The monoisotopic (exact) mass is 939 g/mol. The van der Waals surface area contributed by atoms with E-state index in [4.69, 9.17) is 16.6 Å². The number of alkyl halides is 5. The van der Waals surface area contributed by atoms with Crippen LogP contribution in [0, 0.1) is 29.4 Å². The summed E-state index contributed by atoms with van der Waals surface area (Å²) in [5.74, 6) is -4.18. The number of aromatic nitrogens is 5. The molecule has 12 nitrogen and oxygen atoms in total. The number of fused-ring (bicyclic) bond motifs is 4. The smallest absolute Gasteiger partial charge is 0.346 e. The third kappa shape index (κ3) is 8.14. The number of carbonyl (C=O) groups is 1. The van der Waals surface area contributed by atoms with Crippen molar-refractivity contribution in [1.29, 1.82) is 0 Å². The Morgan fingerprint density at radius 3 is 2.32 bits per heavy atom. The molecule has 22 heteroatoms. The molecule has 2 fully saturated rings. The maximum atomic E-state index is 15.5. The SMILES string of the molecule is CCS(=O)(=O)Nc1nn(C)c2c(-c3ccc(C#CC(C)(C)S(=O)(=O)C4CC4)nc3[C@H](Cc3cc(F)cc(F)c3)NC(=O)Cn3nc(C(F)(F)F)c4c3C(F)(F)C3C[C@H]43)ccc(Cl)c12. The molecule has 2 saturated carbocycles. The number of nitrogens with one attached hydrogen (secondary N) is 2. The van der Waals surface area contributed by atoms with E-state index in [1.807, 2.05) is 0 Å². The highest BCUT2D eigenvalue weighted by Crippen LogP contribution is 2.68. The summed E-state index contributed by atoms with van der Waals surface area (Å²) in [7, 11) is -6.10. The van der Waals surface area contributed by atoms with Crippen LogP contribution in [0.5, 0.6) is 0 Å². The molecule has 334 valence electrons. The molecule has 63 heavy (non-hydrogen) atoms. The van der Waals surface area contributed by atoms with Gasteiger partial charge in [0, 0.05) is 35.7 Å². The second-order valence-electron chi connectivity index (χ2n) is 16.4. The van der Waals surface area contributed by atoms with Gasteiger partial charge in [0.05, 0.1) is 38.7 Å². The van der Waals surface area contributed by atoms with Gasteiger partial charge in [-0.2, -0.15) is 32.1 Å². The van der Waals surface area contributed by atoms with Gasteiger partial charge in [0.15, 0.2) is 21.3 Å². The Hall–Kier alpha value is -5.20. The Labute approximate surface area is 361 Å². The number of sulfone groups is 1. The summed E-state index contributed by atoms with van der Waals surface area (Å²) in [4.78, 5) is 18.8. The number of nitrogens with zero attached hydrogens (tertiary/aromatic N) is 5. The summed E-state index contributed by atoms with van der Waals surface area (Å²) in [5.41, 5.74) is -2.69. The second kappa shape index (κ2) is 15.2. The lowest BCUT2D eigenvalue weighted by Crippen LogP contribution is -2.35. The highest BCUT2D eigenvalue weighted by molar-refractivity contribution is 7.94. The second-order valence-corrected chi connectivity index (χ2v) is 21.6. The van der Waals surface area contributed by atoms with E-state index in [9.17, 15) is 43.6 Å². The molecule has 8 rings (SSSR count). The van der Waals surface area contributed by atoms with Gasteiger partial charge < -0.3 is 5.32 Å². The van der Waals surface area contributed by atoms with Gasteiger partial charge in [0.1, 0.15) is 34.3 Å². The summed E-state index contributed by atoms with van der Waals surface area (Å²) in [6, 6.07) is 6.96. The summed E-state index contributed by atoms with van der Waals surface area (Å²) < 4.78 is 157. The molecule has 2 N–H and O–H groups in total. The van der Waals surface area contributed by atoms with Crippen molar-refractivity contribution in [2.24, 2.45) is 13.0 Å². The normalized spacial score (nSPS) is 18.7. The van der Waals surface area contributed by atoms with Crippen molar-refractivity contribution >= 4 is 54.1 Å². The van der Waals surface area contributed by atoms with Crippen molar-refractivity contribution in [2.45, 2.75) is 87.1 Å². The number of benzene rings is 2. The number of rotatable bonds is 12. The van der Waals surface area contributed by atoms with Crippen LogP contribution in [0.1, 0.15) is 85.9 Å². The zero-order chi connectivity index (χ0) is 45.8. The summed E-state index contributed by atoms with van der Waals surface area (Å²) in [6.07, 6.45) is -4.77. The zero-order valence-electron chi connectivity index (χ0n) is 33.7. The summed E-state index contributed by atoms with van der Waals surface area (Å²) in [6.45, 7) is 3.15. The average Bonchev–Trinajstić information content (AvgIpc) is 4.11. The molecule has 3 heterocycles. The zero-order valence-corrected chi connectivity index (χ0v) is 36.1. The summed E-state index contributed by atoms with van der Waals surface area (Å²) >= 11 is 6.64. The molecule has 2 aromatic carbocycles. The van der Waals surface area contributed by atoms with E-state index in [2.05, 4.69) is 32.1 Å². The first-order valence-electron chi connectivity index (χ1n) is 19.6. The molecule has 3 aliphatic rings. The number of carbonyl (C=O) groups excluding carboxylic acids is 1. The van der Waals surface area contributed by atoms with Crippen molar-refractivity contribution in [3.8, 4) is 23.0 Å². The number of pyridine rings is 1. The molecule has 0 saturated heterocycles. The third-order valence-electron chi connectivity index (χ3n) is 11.5. The number of halogens is 8. The number of sulfonamides is 1. The minimum absolute atomic E-state index is 0.0392. The van der Waals surface area contributed by atoms with Crippen LogP contribution in [-0.2, 0) is 56.8 Å². The quantitative estimate of drug-likeness (QED) is 0.0959. The Bertz CT molecular complexity index is 3010. The van der Waals surface area contributed by atoms with Crippen LogP contribution >= 0.6 is 11.6 Å². The van der Waals surface area contributed by atoms with Gasteiger partial charge in [-0.25, -0.2) is 30.6 Å². The van der Waals surface area contributed by atoms with E-state index in [-0.39, 0.29) is 62.0 Å². The number of aryl methyl sites for hydroxylation is 1. The molecule has 3 aromatic heterocycles. The molecule has 0 spiro atoms. The molecule has 0 bridgehead atoms. The van der Waals surface area contributed by atoms with Crippen molar-refractivity contribution in [3.63, 3.8) is 0 Å². The van der Waals surface area contributed by atoms with Crippen LogP contribution < -0.4 is 10.0 Å². The molecule has 0 radical (unpaired) electrons. The van der Waals surface area contributed by atoms with Crippen LogP contribution in [0.25, 0.3) is 22.0 Å². The van der Waals surface area contributed by atoms with Gasteiger partial charge in [-0.15, -0.1) is 0 Å². The van der Waals surface area contributed by atoms with Crippen LogP contribution in [0.15, 0.2) is 42.5 Å². The van der Waals surface area contributed by atoms with Gasteiger partial charge in [-0.05, 0) is 94.2 Å². The molecular weight excluding hydrogens is 903 g/mol. The number of hydrogen-bond donors (Lipinski definition) is 2. The lowest BCUT2D eigenvalue weighted by molar-refractivity contribution is -0.142. The molecule has 1 amide bonds. The Kier molecular flexibility index (Phi) is 10.7. The van der Waals surface area contributed by atoms with Crippen molar-refractivity contribution in [1.82, 2.24) is 29.9 Å². The van der Waals surface area contributed by atoms with Crippen LogP contribution in [0.4, 0.5) is 36.6 Å². The van der Waals surface area contributed by atoms with E-state index in [1.54, 1.807) is 0 Å². The van der Waals surface area contributed by atoms with Gasteiger partial charge in [-0.3, -0.25) is 18.9 Å². The molecule has 3 atom stereocenters. The lowest BCUT2D eigenvalue weighted by Gasteiger charge is -2.23. The fraction of sp³-hybridized carbons (Fsp3) is 0.415. The maximum absolute atomic E-state index is 15.5. The van der Waals surface area contributed by atoms with Crippen LogP contribution in [-0.4, -0.2) is 63.0 Å². The van der Waals surface area contributed by atoms with E-state index in [1.165, 1.54) is 56.8 Å². The Morgan fingerprint density at radius 2 is 1.68 bits per heavy atom. The average molecular weight is 940 g/mol. The lowest BCUT2D eigenvalue weighted by atomic mass is 9.93. The van der Waals surface area contributed by atoms with E-state index in [0.717, 1.165) is 12.1 Å². The minimum atomic E-state index is -5.11. The van der Waals surface area contributed by atoms with Gasteiger partial charge in [-0.1, -0.05) is 23.6 Å². The van der Waals surface area contributed by atoms with Crippen LogP contribution in [0.3, 0.4) is 0 Å². The van der Waals surface area contributed by atoms with E-state index < -0.39 is 107 Å². The largest absolute Gasteiger partial charge is 0.435 e. The topological polar surface area (TPSA) is 158 Å². The molecule has 3 aliphatic carbocycles. The van der Waals surface area contributed by atoms with Crippen molar-refractivity contribution in [2.75, 3.05) is 10.5 Å². The first kappa shape index (κ1) is 44.4. The van der Waals surface area contributed by atoms with Crippen molar-refractivity contribution in [3.05, 3.63) is 93.0 Å².